The van der Waals surface area contributed by atoms with E-state index in [9.17, 15) is 9.59 Å². The normalized spacial score (nSPS) is 10.7. The fourth-order valence-corrected chi connectivity index (χ4v) is 2.51. The van der Waals surface area contributed by atoms with Gasteiger partial charge in [-0.3, -0.25) is 14.3 Å². The summed E-state index contributed by atoms with van der Waals surface area (Å²) in [7, 11) is 1.83. The number of Topliss-reactive ketones (excluding diaryl/α,β-unsaturated/α-hetero) is 1. The number of hydrogen-bond donors (Lipinski definition) is 1. The molecule has 3 rings (SSSR count). The lowest BCUT2D eigenvalue weighted by molar-refractivity contribution is -0.118. The van der Waals surface area contributed by atoms with Crippen molar-refractivity contribution in [3.63, 3.8) is 0 Å². The van der Waals surface area contributed by atoms with Crippen LogP contribution in [-0.2, 0) is 11.8 Å². The fraction of sp³-hybridized carbons (Fsp3) is 0.222. The zero-order chi connectivity index (χ0) is 18.0. The lowest BCUT2D eigenvalue weighted by Gasteiger charge is -2.08. The van der Waals surface area contributed by atoms with E-state index in [1.165, 1.54) is 6.92 Å². The number of carbonyl (C=O) groups is 2. The van der Waals surface area contributed by atoms with Gasteiger partial charge in [0, 0.05) is 18.0 Å². The molecule has 0 aliphatic carbocycles. The molecule has 0 saturated heterocycles. The van der Waals surface area contributed by atoms with Crippen LogP contribution in [0.1, 0.15) is 23.0 Å². The number of ether oxygens (including phenoxy) is 1. The first-order valence-corrected chi connectivity index (χ1v) is 7.77. The number of benzene rings is 1. The maximum atomic E-state index is 12.0. The Morgan fingerprint density at radius 2 is 1.96 bits per heavy atom. The van der Waals surface area contributed by atoms with Crippen LogP contribution in [0.3, 0.4) is 0 Å². The number of ketones is 1. The van der Waals surface area contributed by atoms with Gasteiger partial charge in [0.15, 0.2) is 18.0 Å². The lowest BCUT2D eigenvalue weighted by Crippen LogP contribution is -2.20. The summed E-state index contributed by atoms with van der Waals surface area (Å²) in [6, 6.07) is 8.49. The van der Waals surface area contributed by atoms with E-state index in [0.717, 1.165) is 16.7 Å². The molecule has 0 bridgehead atoms. The van der Waals surface area contributed by atoms with E-state index in [-0.39, 0.29) is 18.3 Å². The van der Waals surface area contributed by atoms with Crippen LogP contribution in [-0.4, -0.2) is 33.1 Å². The topological polar surface area (TPSA) is 86.1 Å². The van der Waals surface area contributed by atoms with Gasteiger partial charge in [-0.1, -0.05) is 0 Å². The average Bonchev–Trinajstić information content (AvgIpc) is 2.87. The number of pyridine rings is 1. The van der Waals surface area contributed by atoms with Crippen molar-refractivity contribution in [2.45, 2.75) is 13.8 Å². The summed E-state index contributed by atoms with van der Waals surface area (Å²) < 4.78 is 7.13. The van der Waals surface area contributed by atoms with Gasteiger partial charge >= 0.3 is 0 Å². The molecule has 1 amide bonds. The molecule has 7 nitrogen and oxygen atoms in total. The minimum atomic E-state index is -0.293. The Bertz CT molecular complexity index is 945. The summed E-state index contributed by atoms with van der Waals surface area (Å²) in [6.45, 7) is 3.26. The van der Waals surface area contributed by atoms with E-state index in [2.05, 4.69) is 15.4 Å². The second-order valence-corrected chi connectivity index (χ2v) is 5.72. The first-order valence-electron chi connectivity index (χ1n) is 7.77. The maximum Gasteiger partial charge on any atom is 0.262 e. The number of rotatable bonds is 5. The highest BCUT2D eigenvalue weighted by Gasteiger charge is 2.09. The van der Waals surface area contributed by atoms with Crippen LogP contribution in [0.4, 0.5) is 5.69 Å². The lowest BCUT2D eigenvalue weighted by atomic mass is 10.1. The molecule has 25 heavy (non-hydrogen) atoms. The molecule has 0 atom stereocenters. The van der Waals surface area contributed by atoms with Crippen molar-refractivity contribution in [1.82, 2.24) is 14.8 Å². The minimum absolute atomic E-state index is 0.0159. The van der Waals surface area contributed by atoms with Crippen LogP contribution in [0.5, 0.6) is 5.75 Å². The third kappa shape index (κ3) is 3.65. The summed E-state index contributed by atoms with van der Waals surface area (Å²) >= 11 is 0. The quantitative estimate of drug-likeness (QED) is 0.722. The third-order valence-corrected chi connectivity index (χ3v) is 3.78. The molecule has 0 fully saturated rings. The summed E-state index contributed by atoms with van der Waals surface area (Å²) in [5.74, 6) is 0.216. The smallest absolute Gasteiger partial charge is 0.262 e. The molecule has 0 radical (unpaired) electrons. The number of nitrogens with zero attached hydrogens (tertiary/aromatic N) is 3. The van der Waals surface area contributed by atoms with Crippen LogP contribution in [0.25, 0.3) is 11.0 Å². The Morgan fingerprint density at radius 1 is 1.24 bits per heavy atom. The van der Waals surface area contributed by atoms with Gasteiger partial charge in [-0.25, -0.2) is 4.98 Å². The van der Waals surface area contributed by atoms with Gasteiger partial charge in [0.05, 0.1) is 17.6 Å². The summed E-state index contributed by atoms with van der Waals surface area (Å²) in [6.07, 6.45) is 1.59. The van der Waals surface area contributed by atoms with Crippen molar-refractivity contribution < 1.29 is 14.3 Å². The van der Waals surface area contributed by atoms with Gasteiger partial charge in [0.1, 0.15) is 5.75 Å². The Morgan fingerprint density at radius 3 is 2.64 bits per heavy atom. The van der Waals surface area contributed by atoms with Crippen LogP contribution < -0.4 is 10.1 Å². The van der Waals surface area contributed by atoms with Crippen LogP contribution >= 0.6 is 0 Å². The Kier molecular flexibility index (Phi) is 4.47. The largest absolute Gasteiger partial charge is 0.484 e. The van der Waals surface area contributed by atoms with E-state index in [0.29, 0.717) is 17.0 Å². The van der Waals surface area contributed by atoms with Crippen molar-refractivity contribution in [3.8, 4) is 5.75 Å². The highest BCUT2D eigenvalue weighted by Crippen LogP contribution is 2.19. The number of carbonyl (C=O) groups excluding carboxylic acids is 2. The zero-order valence-corrected chi connectivity index (χ0v) is 14.2. The highest BCUT2D eigenvalue weighted by molar-refractivity contribution is 5.94. The second-order valence-electron chi connectivity index (χ2n) is 5.72. The highest BCUT2D eigenvalue weighted by atomic mass is 16.5. The molecule has 7 heteroatoms. The number of amides is 1. The first kappa shape index (κ1) is 16.6. The molecule has 0 aliphatic heterocycles. The van der Waals surface area contributed by atoms with Gasteiger partial charge in [-0.15, -0.1) is 0 Å². The summed E-state index contributed by atoms with van der Waals surface area (Å²) in [4.78, 5) is 27.6. The number of anilines is 1. The van der Waals surface area contributed by atoms with E-state index in [4.69, 9.17) is 4.74 Å². The third-order valence-electron chi connectivity index (χ3n) is 3.78. The Labute approximate surface area is 144 Å². The standard InChI is InChI=1S/C18H18N4O3/c1-11-16-8-14(9-19-18(16)22(3)21-11)20-17(24)10-25-15-6-4-13(5-7-15)12(2)23/h4-9H,10H2,1-3H3,(H,20,24). The van der Waals surface area contributed by atoms with Crippen LogP contribution in [0.2, 0.25) is 0 Å². The van der Waals surface area contributed by atoms with Crippen molar-refractivity contribution in [2.24, 2.45) is 7.05 Å². The predicted molar refractivity (Wildman–Crippen MR) is 93.8 cm³/mol. The second kappa shape index (κ2) is 6.72. The van der Waals surface area contributed by atoms with E-state index >= 15 is 0 Å². The van der Waals surface area contributed by atoms with Crippen molar-refractivity contribution >= 4 is 28.4 Å². The molecule has 3 aromatic rings. The summed E-state index contributed by atoms with van der Waals surface area (Å²) in [5.41, 5.74) is 2.80. The van der Waals surface area contributed by atoms with E-state index < -0.39 is 0 Å². The molecule has 0 spiro atoms. The molecule has 1 N–H and O–H groups in total. The first-order chi connectivity index (χ1) is 11.9. The van der Waals surface area contributed by atoms with E-state index in [1.54, 1.807) is 35.1 Å². The number of fused-ring (bicyclic) bond motifs is 1. The molecule has 0 unspecified atom stereocenters. The Balaban J connectivity index is 1.62. The van der Waals surface area contributed by atoms with Crippen LogP contribution in [0.15, 0.2) is 36.5 Å². The molecule has 128 valence electrons. The molecule has 2 heterocycles. The number of nitrogens with one attached hydrogen (secondary N) is 1. The van der Waals surface area contributed by atoms with Gasteiger partial charge in [0.2, 0.25) is 0 Å². The predicted octanol–water partition coefficient (Wildman–Crippen LogP) is 2.50. The number of aromatic nitrogens is 3. The monoisotopic (exact) mass is 338 g/mol. The molecule has 0 aliphatic rings. The van der Waals surface area contributed by atoms with Gasteiger partial charge in [-0.2, -0.15) is 5.10 Å². The van der Waals surface area contributed by atoms with Crippen molar-refractivity contribution in [2.75, 3.05) is 11.9 Å². The molecule has 1 aromatic carbocycles. The SMILES string of the molecule is CC(=O)c1ccc(OCC(=O)Nc2cnc3c(c2)c(C)nn3C)cc1. The van der Waals surface area contributed by atoms with Crippen molar-refractivity contribution in [1.29, 1.82) is 0 Å². The zero-order valence-electron chi connectivity index (χ0n) is 14.2. The van der Waals surface area contributed by atoms with Gasteiger partial charge in [0.25, 0.3) is 5.91 Å². The Hall–Kier alpha value is -3.22. The molecular weight excluding hydrogens is 320 g/mol. The molecule has 0 saturated carbocycles. The number of aryl methyl sites for hydroxylation is 2. The average molecular weight is 338 g/mol. The summed E-state index contributed by atoms with van der Waals surface area (Å²) in [5, 5.41) is 7.94. The number of hydrogen-bond acceptors (Lipinski definition) is 5. The minimum Gasteiger partial charge on any atom is -0.484 e. The van der Waals surface area contributed by atoms with E-state index in [1.807, 2.05) is 20.0 Å². The molecule has 2 aromatic heterocycles. The molecular formula is C18H18N4O3. The van der Waals surface area contributed by atoms with Crippen LogP contribution in [0, 0.1) is 6.92 Å². The maximum absolute atomic E-state index is 12.0. The van der Waals surface area contributed by atoms with Gasteiger partial charge in [-0.05, 0) is 44.2 Å². The van der Waals surface area contributed by atoms with Gasteiger partial charge < -0.3 is 10.1 Å². The fourth-order valence-electron chi connectivity index (χ4n) is 2.51. The van der Waals surface area contributed by atoms with Crippen molar-refractivity contribution in [3.05, 3.63) is 47.8 Å².